The summed E-state index contributed by atoms with van der Waals surface area (Å²) >= 11 is 0. The zero-order valence-corrected chi connectivity index (χ0v) is 16.4. The minimum atomic E-state index is -0.798. The molecule has 2 fully saturated rings. The lowest BCUT2D eigenvalue weighted by molar-refractivity contribution is 0.0671. The Morgan fingerprint density at radius 1 is 1.18 bits per heavy atom. The molecular formula is C22H26F2N2O2. The number of hydrogen-bond donors (Lipinski definition) is 0. The standard InChI is InChI=1S/C22H26F2N2O2/c1-15-11-18(16(2)28-15)21(27)26-10-8-22(14-26)7-4-9-25(13-22)12-17-5-3-6-19(23)20(17)24/h3,5-6,11H,4,7-10,12-14H2,1-2H3/t22-/m0/s1. The molecule has 1 amide bonds. The predicted molar refractivity (Wildman–Crippen MR) is 102 cm³/mol. The van der Waals surface area contributed by atoms with Crippen LogP contribution in [0, 0.1) is 30.9 Å². The van der Waals surface area contributed by atoms with Gasteiger partial charge in [0.1, 0.15) is 11.5 Å². The van der Waals surface area contributed by atoms with Gasteiger partial charge in [0.2, 0.25) is 0 Å². The number of piperidine rings is 1. The summed E-state index contributed by atoms with van der Waals surface area (Å²) in [5.74, 6) is -0.116. The first kappa shape index (κ1) is 19.1. The predicted octanol–water partition coefficient (Wildman–Crippen LogP) is 4.30. The monoisotopic (exact) mass is 388 g/mol. The molecule has 0 bridgehead atoms. The maximum absolute atomic E-state index is 14.1. The average molecular weight is 388 g/mol. The molecule has 1 atom stereocenters. The molecule has 28 heavy (non-hydrogen) atoms. The van der Waals surface area contributed by atoms with Crippen molar-refractivity contribution in [2.24, 2.45) is 5.41 Å². The van der Waals surface area contributed by atoms with E-state index >= 15 is 0 Å². The fourth-order valence-electron chi connectivity index (χ4n) is 4.81. The van der Waals surface area contributed by atoms with Crippen molar-refractivity contribution in [2.45, 2.75) is 39.7 Å². The molecule has 1 aromatic heterocycles. The second kappa shape index (κ2) is 7.32. The zero-order valence-electron chi connectivity index (χ0n) is 16.4. The maximum Gasteiger partial charge on any atom is 0.257 e. The normalized spacial score (nSPS) is 22.9. The van der Waals surface area contributed by atoms with Crippen molar-refractivity contribution >= 4 is 5.91 Å². The Hall–Kier alpha value is -2.21. The number of carbonyl (C=O) groups is 1. The average Bonchev–Trinajstić information content (AvgIpc) is 3.21. The summed E-state index contributed by atoms with van der Waals surface area (Å²) in [6, 6.07) is 6.16. The summed E-state index contributed by atoms with van der Waals surface area (Å²) in [5.41, 5.74) is 1.07. The van der Waals surface area contributed by atoms with Crippen LogP contribution in [0.25, 0.3) is 0 Å². The van der Waals surface area contributed by atoms with E-state index in [1.165, 1.54) is 0 Å². The fraction of sp³-hybridized carbons (Fsp3) is 0.500. The molecule has 6 heteroatoms. The van der Waals surface area contributed by atoms with E-state index in [0.717, 1.165) is 50.7 Å². The number of rotatable bonds is 3. The summed E-state index contributed by atoms with van der Waals surface area (Å²) < 4.78 is 33.1. The zero-order chi connectivity index (χ0) is 19.9. The molecule has 4 nitrogen and oxygen atoms in total. The minimum Gasteiger partial charge on any atom is -0.466 e. The van der Waals surface area contributed by atoms with Crippen LogP contribution >= 0.6 is 0 Å². The lowest BCUT2D eigenvalue weighted by Crippen LogP contribution is -2.45. The largest absolute Gasteiger partial charge is 0.466 e. The van der Waals surface area contributed by atoms with Crippen molar-refractivity contribution in [3.8, 4) is 0 Å². The Bertz CT molecular complexity index is 895. The molecule has 2 aliphatic heterocycles. The smallest absolute Gasteiger partial charge is 0.257 e. The van der Waals surface area contributed by atoms with Crippen LogP contribution in [0.4, 0.5) is 8.78 Å². The molecular weight excluding hydrogens is 362 g/mol. The summed E-state index contributed by atoms with van der Waals surface area (Å²) in [5, 5.41) is 0. The van der Waals surface area contributed by atoms with Crippen LogP contribution in [0.2, 0.25) is 0 Å². The van der Waals surface area contributed by atoms with Crippen LogP contribution in [0.1, 0.15) is 46.7 Å². The van der Waals surface area contributed by atoms with Gasteiger partial charge in [0.05, 0.1) is 5.56 Å². The summed E-state index contributed by atoms with van der Waals surface area (Å²) in [6.07, 6.45) is 3.00. The number of benzene rings is 1. The van der Waals surface area contributed by atoms with Gasteiger partial charge in [-0.15, -0.1) is 0 Å². The van der Waals surface area contributed by atoms with Gasteiger partial charge in [-0.05, 0) is 51.8 Å². The fourth-order valence-corrected chi connectivity index (χ4v) is 4.81. The lowest BCUT2D eigenvalue weighted by atomic mass is 9.79. The van der Waals surface area contributed by atoms with Gasteiger partial charge in [-0.3, -0.25) is 9.69 Å². The van der Waals surface area contributed by atoms with E-state index < -0.39 is 11.6 Å². The number of likely N-dealkylation sites (tertiary alicyclic amines) is 2. The number of carbonyl (C=O) groups excluding carboxylic acids is 1. The second-order valence-electron chi connectivity index (χ2n) is 8.33. The van der Waals surface area contributed by atoms with Crippen molar-refractivity contribution in [1.82, 2.24) is 9.80 Å². The minimum absolute atomic E-state index is 0.0273. The van der Waals surface area contributed by atoms with E-state index in [1.54, 1.807) is 12.1 Å². The quantitative estimate of drug-likeness (QED) is 0.787. The Morgan fingerprint density at radius 3 is 2.75 bits per heavy atom. The number of nitrogens with zero attached hydrogens (tertiary/aromatic N) is 2. The number of furan rings is 1. The summed E-state index contributed by atoms with van der Waals surface area (Å²) in [7, 11) is 0. The van der Waals surface area contributed by atoms with Gasteiger partial charge in [-0.1, -0.05) is 12.1 Å². The van der Waals surface area contributed by atoms with E-state index in [1.807, 2.05) is 24.8 Å². The molecule has 4 rings (SSSR count). The van der Waals surface area contributed by atoms with Crippen LogP contribution in [-0.2, 0) is 6.54 Å². The van der Waals surface area contributed by atoms with Gasteiger partial charge in [-0.2, -0.15) is 0 Å². The molecule has 150 valence electrons. The third kappa shape index (κ3) is 3.58. The highest BCUT2D eigenvalue weighted by Crippen LogP contribution is 2.40. The van der Waals surface area contributed by atoms with Crippen LogP contribution < -0.4 is 0 Å². The summed E-state index contributed by atoms with van der Waals surface area (Å²) in [6.45, 7) is 7.17. The number of aryl methyl sites for hydroxylation is 2. The van der Waals surface area contributed by atoms with Crippen molar-refractivity contribution in [3.05, 3.63) is 58.5 Å². The Kier molecular flexibility index (Phi) is 5.00. The van der Waals surface area contributed by atoms with Crippen molar-refractivity contribution in [3.63, 3.8) is 0 Å². The third-order valence-electron chi connectivity index (χ3n) is 6.16. The molecule has 1 spiro atoms. The SMILES string of the molecule is Cc1cc(C(=O)N2CC[C@]3(CCCN(Cc4cccc(F)c4F)C3)C2)c(C)o1. The lowest BCUT2D eigenvalue weighted by Gasteiger charge is -2.40. The van der Waals surface area contributed by atoms with Crippen molar-refractivity contribution in [1.29, 1.82) is 0 Å². The molecule has 0 radical (unpaired) electrons. The van der Waals surface area contributed by atoms with Gasteiger partial charge in [0.25, 0.3) is 5.91 Å². The molecule has 2 aromatic rings. The number of amides is 1. The summed E-state index contributed by atoms with van der Waals surface area (Å²) in [4.78, 5) is 17.0. The second-order valence-corrected chi connectivity index (χ2v) is 8.33. The van der Waals surface area contributed by atoms with Gasteiger partial charge in [0, 0.05) is 37.2 Å². The number of hydrogen-bond acceptors (Lipinski definition) is 3. The topological polar surface area (TPSA) is 36.7 Å². The number of halogens is 2. The van der Waals surface area contributed by atoms with E-state index in [9.17, 15) is 13.6 Å². The Labute approximate surface area is 164 Å². The highest BCUT2D eigenvalue weighted by Gasteiger charge is 2.43. The molecule has 0 unspecified atom stereocenters. The van der Waals surface area contributed by atoms with Crippen molar-refractivity contribution < 1.29 is 18.0 Å². The van der Waals surface area contributed by atoms with Gasteiger partial charge >= 0.3 is 0 Å². The van der Waals surface area contributed by atoms with E-state index in [-0.39, 0.29) is 11.3 Å². The first-order valence-electron chi connectivity index (χ1n) is 9.88. The first-order valence-corrected chi connectivity index (χ1v) is 9.88. The van der Waals surface area contributed by atoms with E-state index in [2.05, 4.69) is 4.90 Å². The molecule has 0 aliphatic carbocycles. The first-order chi connectivity index (χ1) is 13.4. The van der Waals surface area contributed by atoms with E-state index in [0.29, 0.717) is 30.0 Å². The van der Waals surface area contributed by atoms with Gasteiger partial charge < -0.3 is 9.32 Å². The van der Waals surface area contributed by atoms with Crippen LogP contribution in [0.3, 0.4) is 0 Å². The Morgan fingerprint density at radius 2 is 2.00 bits per heavy atom. The maximum atomic E-state index is 14.1. The molecule has 2 saturated heterocycles. The van der Waals surface area contributed by atoms with Crippen LogP contribution in [-0.4, -0.2) is 41.9 Å². The van der Waals surface area contributed by atoms with Gasteiger partial charge in [-0.25, -0.2) is 8.78 Å². The molecule has 3 heterocycles. The van der Waals surface area contributed by atoms with Gasteiger partial charge in [0.15, 0.2) is 11.6 Å². The highest BCUT2D eigenvalue weighted by atomic mass is 19.2. The molecule has 2 aliphatic rings. The van der Waals surface area contributed by atoms with E-state index in [4.69, 9.17) is 4.42 Å². The van der Waals surface area contributed by atoms with Crippen molar-refractivity contribution in [2.75, 3.05) is 26.2 Å². The molecule has 1 aromatic carbocycles. The van der Waals surface area contributed by atoms with Crippen LogP contribution in [0.5, 0.6) is 0 Å². The highest BCUT2D eigenvalue weighted by molar-refractivity contribution is 5.95. The molecule has 0 saturated carbocycles. The Balaban J connectivity index is 1.45. The van der Waals surface area contributed by atoms with Crippen LogP contribution in [0.15, 0.2) is 28.7 Å². The molecule has 0 N–H and O–H groups in total. The third-order valence-corrected chi connectivity index (χ3v) is 6.16.